The number of hydrogen-bond donors (Lipinski definition) is 3. The van der Waals surface area contributed by atoms with Crippen LogP contribution in [0.1, 0.15) is 92.7 Å². The average molecular weight is 666 g/mol. The molecule has 0 aromatic heterocycles. The van der Waals surface area contributed by atoms with Crippen molar-refractivity contribution in [2.75, 3.05) is 20.1 Å². The Morgan fingerprint density at radius 3 is 2.24 bits per heavy atom. The van der Waals surface area contributed by atoms with E-state index in [0.717, 1.165) is 48.1 Å². The Bertz CT molecular complexity index is 1660. The molecule has 2 amide bonds. The van der Waals surface area contributed by atoms with Gasteiger partial charge >= 0.3 is 0 Å². The molecule has 0 saturated carbocycles. The number of aliphatic hydroxyl groups is 1. The Hall–Kier alpha value is -4.08. The fourth-order valence-electron chi connectivity index (χ4n) is 6.43. The first kappa shape index (κ1) is 36.2. The van der Waals surface area contributed by atoms with Crippen molar-refractivity contribution in [1.29, 1.82) is 0 Å². The standard InChI is InChI=1S/C41H51N3O5/c1-28-38(26-44(4)29(2)36-22-21-33-10-7-8-11-37(33)24-36)48-41(49-40(28)34-17-15-32(27-45)16-18-34)35-19-13-31(14-20-35)25-43-39(47)12-6-5-9-23-42-30(3)46/h7-8,10-11,13-22,24,28-29,38,40-41,45H,5-6,9,12,23,25-27H2,1-4H3,(H,42,46)(H,43,47). The lowest BCUT2D eigenvalue weighted by Crippen LogP contribution is -2.44. The van der Waals surface area contributed by atoms with E-state index >= 15 is 0 Å². The molecule has 0 spiro atoms. The highest BCUT2D eigenvalue weighted by atomic mass is 16.7. The van der Waals surface area contributed by atoms with Crippen LogP contribution in [-0.2, 0) is 32.2 Å². The maximum Gasteiger partial charge on any atom is 0.220 e. The molecule has 3 N–H and O–H groups in total. The number of fused-ring (bicyclic) bond motifs is 1. The fourth-order valence-corrected chi connectivity index (χ4v) is 6.43. The third-order valence-corrected chi connectivity index (χ3v) is 9.70. The SMILES string of the molecule is CC(=O)NCCCCCC(=O)NCc1ccc(C2OC(CN(C)C(C)c3ccc4ccccc4c3)C(C)C(c3ccc(CO)cc3)O2)cc1. The topological polar surface area (TPSA) is 100 Å². The van der Waals surface area contributed by atoms with E-state index < -0.39 is 6.29 Å². The third kappa shape index (κ3) is 9.98. The third-order valence-electron chi connectivity index (χ3n) is 9.70. The number of nitrogens with one attached hydrogen (secondary N) is 2. The number of benzene rings is 4. The maximum atomic E-state index is 12.4. The first-order chi connectivity index (χ1) is 23.7. The van der Waals surface area contributed by atoms with Gasteiger partial charge in [-0.2, -0.15) is 0 Å². The van der Waals surface area contributed by atoms with Crippen molar-refractivity contribution in [3.8, 4) is 0 Å². The summed E-state index contributed by atoms with van der Waals surface area (Å²) in [6, 6.07) is 31.4. The van der Waals surface area contributed by atoms with Crippen molar-refractivity contribution in [1.82, 2.24) is 15.5 Å². The van der Waals surface area contributed by atoms with Crippen LogP contribution >= 0.6 is 0 Å². The molecular formula is C41H51N3O5. The minimum atomic E-state index is -0.561. The molecule has 1 aliphatic heterocycles. The van der Waals surface area contributed by atoms with Gasteiger partial charge < -0.3 is 25.2 Å². The van der Waals surface area contributed by atoms with Crippen LogP contribution in [0.15, 0.2) is 91.0 Å². The molecule has 0 radical (unpaired) electrons. The molecule has 8 nitrogen and oxygen atoms in total. The normalized spacial score (nSPS) is 19.9. The number of rotatable bonds is 15. The van der Waals surface area contributed by atoms with Gasteiger partial charge in [-0.05, 0) is 65.9 Å². The van der Waals surface area contributed by atoms with Gasteiger partial charge in [-0.25, -0.2) is 0 Å². The predicted octanol–water partition coefficient (Wildman–Crippen LogP) is 7.13. The lowest BCUT2D eigenvalue weighted by molar-refractivity contribution is -0.276. The summed E-state index contributed by atoms with van der Waals surface area (Å²) >= 11 is 0. The number of unbranched alkanes of at least 4 members (excludes halogenated alkanes) is 2. The van der Waals surface area contributed by atoms with Gasteiger partial charge in [0.15, 0.2) is 6.29 Å². The number of ether oxygens (including phenoxy) is 2. The van der Waals surface area contributed by atoms with Crippen LogP contribution in [-0.4, -0.2) is 48.1 Å². The molecule has 49 heavy (non-hydrogen) atoms. The van der Waals surface area contributed by atoms with Crippen LogP contribution in [0, 0.1) is 5.92 Å². The van der Waals surface area contributed by atoms with E-state index in [0.29, 0.717) is 19.5 Å². The lowest BCUT2D eigenvalue weighted by Gasteiger charge is -2.43. The summed E-state index contributed by atoms with van der Waals surface area (Å²) in [6.45, 7) is 7.76. The van der Waals surface area contributed by atoms with Gasteiger partial charge in [0.25, 0.3) is 0 Å². The van der Waals surface area contributed by atoms with E-state index in [1.54, 1.807) is 0 Å². The number of aliphatic hydroxyl groups excluding tert-OH is 1. The summed E-state index contributed by atoms with van der Waals surface area (Å²) in [5.74, 6) is 0.0713. The second-order valence-electron chi connectivity index (χ2n) is 13.4. The molecular weight excluding hydrogens is 614 g/mol. The number of carbonyl (C=O) groups excluding carboxylic acids is 2. The van der Waals surface area contributed by atoms with Crippen molar-refractivity contribution >= 4 is 22.6 Å². The summed E-state index contributed by atoms with van der Waals surface area (Å²) in [7, 11) is 2.15. The molecule has 4 aromatic carbocycles. The van der Waals surface area contributed by atoms with E-state index in [-0.39, 0.29) is 42.6 Å². The van der Waals surface area contributed by atoms with Crippen molar-refractivity contribution in [2.45, 2.75) is 84.1 Å². The largest absolute Gasteiger partial charge is 0.392 e. The highest BCUT2D eigenvalue weighted by Crippen LogP contribution is 2.42. The first-order valence-corrected chi connectivity index (χ1v) is 17.5. The second kappa shape index (κ2) is 17.5. The number of carbonyl (C=O) groups is 2. The van der Waals surface area contributed by atoms with E-state index in [2.05, 4.69) is 78.9 Å². The molecule has 8 heteroatoms. The number of nitrogens with zero attached hydrogens (tertiary/aromatic N) is 1. The van der Waals surface area contributed by atoms with Gasteiger partial charge in [0.2, 0.25) is 11.8 Å². The minimum absolute atomic E-state index is 0.0000883. The fraction of sp³-hybridized carbons (Fsp3) is 0.415. The highest BCUT2D eigenvalue weighted by molar-refractivity contribution is 5.83. The second-order valence-corrected chi connectivity index (χ2v) is 13.4. The molecule has 4 aromatic rings. The Labute approximate surface area is 290 Å². The van der Waals surface area contributed by atoms with Crippen LogP contribution < -0.4 is 10.6 Å². The van der Waals surface area contributed by atoms with Gasteiger partial charge in [-0.1, -0.05) is 98.3 Å². The number of amides is 2. The molecule has 1 fully saturated rings. The Morgan fingerprint density at radius 1 is 0.837 bits per heavy atom. The lowest BCUT2D eigenvalue weighted by atomic mass is 9.89. The smallest absolute Gasteiger partial charge is 0.220 e. The van der Waals surface area contributed by atoms with Crippen molar-refractivity contribution in [3.05, 3.63) is 119 Å². The molecule has 1 aliphatic rings. The van der Waals surface area contributed by atoms with Crippen LogP contribution in [0.2, 0.25) is 0 Å². The van der Waals surface area contributed by atoms with Gasteiger partial charge in [-0.3, -0.25) is 14.5 Å². The molecule has 5 atom stereocenters. The zero-order valence-electron chi connectivity index (χ0n) is 29.2. The van der Waals surface area contributed by atoms with Crippen molar-refractivity contribution < 1.29 is 24.2 Å². The monoisotopic (exact) mass is 665 g/mol. The molecule has 260 valence electrons. The Balaban J connectivity index is 1.24. The summed E-state index contributed by atoms with van der Waals surface area (Å²) in [6.07, 6.45) is 2.16. The quantitative estimate of drug-likeness (QED) is 0.117. The summed E-state index contributed by atoms with van der Waals surface area (Å²) < 4.78 is 13.4. The van der Waals surface area contributed by atoms with Crippen molar-refractivity contribution in [3.63, 3.8) is 0 Å². The summed E-state index contributed by atoms with van der Waals surface area (Å²) in [5, 5.41) is 17.9. The molecule has 0 bridgehead atoms. The van der Waals surface area contributed by atoms with Crippen molar-refractivity contribution in [2.24, 2.45) is 5.92 Å². The maximum absolute atomic E-state index is 12.4. The average Bonchev–Trinajstić information content (AvgIpc) is 3.12. The molecule has 1 saturated heterocycles. The number of likely N-dealkylation sites (N-methyl/N-ethyl adjacent to an activating group) is 1. The molecule has 0 aliphatic carbocycles. The van der Waals surface area contributed by atoms with Crippen LogP contribution in [0.3, 0.4) is 0 Å². The Morgan fingerprint density at radius 2 is 1.53 bits per heavy atom. The molecule has 1 heterocycles. The van der Waals surface area contributed by atoms with Crippen LogP contribution in [0.4, 0.5) is 0 Å². The van der Waals surface area contributed by atoms with Crippen LogP contribution in [0.25, 0.3) is 10.8 Å². The highest BCUT2D eigenvalue weighted by Gasteiger charge is 2.39. The first-order valence-electron chi connectivity index (χ1n) is 17.5. The zero-order chi connectivity index (χ0) is 34.8. The van der Waals surface area contributed by atoms with Gasteiger partial charge in [0.05, 0.1) is 18.8 Å². The van der Waals surface area contributed by atoms with E-state index in [9.17, 15) is 14.7 Å². The summed E-state index contributed by atoms with van der Waals surface area (Å²) in [5.41, 5.74) is 5.11. The number of hydrogen-bond acceptors (Lipinski definition) is 6. The van der Waals surface area contributed by atoms with E-state index in [1.165, 1.54) is 23.3 Å². The van der Waals surface area contributed by atoms with Gasteiger partial charge in [-0.15, -0.1) is 0 Å². The van der Waals surface area contributed by atoms with Gasteiger partial charge in [0, 0.05) is 50.5 Å². The summed E-state index contributed by atoms with van der Waals surface area (Å²) in [4.78, 5) is 25.7. The molecule has 5 unspecified atom stereocenters. The Kier molecular flexibility index (Phi) is 13.0. The van der Waals surface area contributed by atoms with E-state index in [1.807, 2.05) is 48.5 Å². The minimum Gasteiger partial charge on any atom is -0.392 e. The van der Waals surface area contributed by atoms with Crippen LogP contribution in [0.5, 0.6) is 0 Å². The van der Waals surface area contributed by atoms with E-state index in [4.69, 9.17) is 9.47 Å². The van der Waals surface area contributed by atoms with Gasteiger partial charge in [0.1, 0.15) is 0 Å². The predicted molar refractivity (Wildman–Crippen MR) is 193 cm³/mol. The molecule has 5 rings (SSSR count). The zero-order valence-corrected chi connectivity index (χ0v) is 29.2.